The van der Waals surface area contributed by atoms with Crippen LogP contribution in [-0.2, 0) is 10.8 Å². The fourth-order valence-electron chi connectivity index (χ4n) is 1.16. The van der Waals surface area contributed by atoms with Crippen LogP contribution in [0.25, 0.3) is 0 Å². The van der Waals surface area contributed by atoms with Crippen LogP contribution in [0.1, 0.15) is 12.1 Å². The van der Waals surface area contributed by atoms with Gasteiger partial charge in [-0.1, -0.05) is 0 Å². The number of hydrogen-bond acceptors (Lipinski definition) is 5. The molecule has 0 aliphatic carbocycles. The van der Waals surface area contributed by atoms with Crippen molar-refractivity contribution in [3.8, 4) is 0 Å². The summed E-state index contributed by atoms with van der Waals surface area (Å²) in [6.45, 7) is 2.44. The highest BCUT2D eigenvalue weighted by molar-refractivity contribution is 7.84. The Morgan fingerprint density at radius 1 is 1.50 bits per heavy atom. The van der Waals surface area contributed by atoms with Gasteiger partial charge in [0.25, 0.3) is 0 Å². The maximum absolute atomic E-state index is 10.8. The van der Waals surface area contributed by atoms with E-state index in [1.165, 1.54) is 0 Å². The van der Waals surface area contributed by atoms with E-state index in [1.54, 1.807) is 13.2 Å². The normalized spacial score (nSPS) is 12.4. The Hall–Kier alpha value is -0.880. The fraction of sp³-hybridized carbons (Fsp3) is 0.556. The molecule has 1 atom stereocenters. The average Bonchev–Trinajstić information content (AvgIpc) is 2.19. The van der Waals surface area contributed by atoms with Gasteiger partial charge in [-0.2, -0.15) is 4.98 Å². The second-order valence-electron chi connectivity index (χ2n) is 3.40. The first kappa shape index (κ1) is 13.2. The minimum absolute atomic E-state index is 0.174. The number of halogens is 1. The Labute approximate surface area is 102 Å². The first-order valence-electron chi connectivity index (χ1n) is 4.84. The monoisotopic (exact) mass is 262 g/mol. The number of nitrogens with two attached hydrogens (primary N) is 1. The summed E-state index contributed by atoms with van der Waals surface area (Å²) in [6.07, 6.45) is 2.48. The molecule has 1 heterocycles. The number of aromatic nitrogens is 2. The topological polar surface area (TPSA) is 80.9 Å². The molecular formula is C9H15ClN4OS. The molecule has 1 aromatic rings. The molecule has 16 heavy (non-hydrogen) atoms. The van der Waals surface area contributed by atoms with Gasteiger partial charge in [-0.3, -0.25) is 4.21 Å². The van der Waals surface area contributed by atoms with E-state index in [1.807, 2.05) is 0 Å². The number of nitrogens with one attached hydrogen (secondary N) is 1. The average molecular weight is 263 g/mol. The van der Waals surface area contributed by atoms with E-state index >= 15 is 0 Å². The van der Waals surface area contributed by atoms with Crippen molar-refractivity contribution < 1.29 is 4.21 Å². The van der Waals surface area contributed by atoms with Crippen molar-refractivity contribution in [3.05, 3.63) is 11.0 Å². The first-order valence-corrected chi connectivity index (χ1v) is 6.94. The first-order chi connectivity index (χ1) is 7.50. The molecule has 5 nitrogen and oxygen atoms in total. The van der Waals surface area contributed by atoms with Crippen LogP contribution in [0.4, 0.5) is 11.5 Å². The molecule has 3 N–H and O–H groups in total. The summed E-state index contributed by atoms with van der Waals surface area (Å²) in [5.74, 6) is 1.20. The third-order valence-electron chi connectivity index (χ3n) is 2.01. The van der Waals surface area contributed by atoms with Gasteiger partial charge in [-0.15, -0.1) is 0 Å². The maximum Gasteiger partial charge on any atom is 0.224 e. The van der Waals surface area contributed by atoms with Crippen molar-refractivity contribution in [1.29, 1.82) is 0 Å². The molecule has 0 aromatic carbocycles. The number of hydrogen-bond donors (Lipinski definition) is 2. The summed E-state index contributed by atoms with van der Waals surface area (Å²) in [5.41, 5.74) is 6.94. The van der Waals surface area contributed by atoms with Crippen molar-refractivity contribution in [2.45, 2.75) is 13.3 Å². The van der Waals surface area contributed by atoms with Crippen molar-refractivity contribution in [1.82, 2.24) is 9.97 Å². The summed E-state index contributed by atoms with van der Waals surface area (Å²) in [6, 6.07) is 0. The van der Waals surface area contributed by atoms with Gasteiger partial charge < -0.3 is 11.1 Å². The zero-order valence-corrected chi connectivity index (χ0v) is 10.9. The summed E-state index contributed by atoms with van der Waals surface area (Å²) in [5, 5.41) is 3.23. The van der Waals surface area contributed by atoms with Gasteiger partial charge >= 0.3 is 0 Å². The van der Waals surface area contributed by atoms with Crippen molar-refractivity contribution in [2.75, 3.05) is 29.6 Å². The van der Waals surface area contributed by atoms with Crippen LogP contribution in [0.15, 0.2) is 0 Å². The Morgan fingerprint density at radius 3 is 2.81 bits per heavy atom. The number of nitrogens with zero attached hydrogens (tertiary/aromatic N) is 2. The lowest BCUT2D eigenvalue weighted by Gasteiger charge is -2.09. The minimum atomic E-state index is -0.768. The number of anilines is 2. The Morgan fingerprint density at radius 2 is 2.19 bits per heavy atom. The van der Waals surface area contributed by atoms with E-state index in [2.05, 4.69) is 15.3 Å². The van der Waals surface area contributed by atoms with E-state index < -0.39 is 10.8 Å². The van der Waals surface area contributed by atoms with E-state index in [0.717, 1.165) is 6.42 Å². The van der Waals surface area contributed by atoms with Gasteiger partial charge in [-0.25, -0.2) is 4.98 Å². The fourth-order valence-corrected chi connectivity index (χ4v) is 1.93. The highest BCUT2D eigenvalue weighted by Gasteiger charge is 2.06. The minimum Gasteiger partial charge on any atom is -0.394 e. The van der Waals surface area contributed by atoms with Crippen LogP contribution in [0.2, 0.25) is 5.28 Å². The van der Waals surface area contributed by atoms with E-state index in [4.69, 9.17) is 17.3 Å². The van der Waals surface area contributed by atoms with Crippen LogP contribution in [0.5, 0.6) is 0 Å². The predicted octanol–water partition coefficient (Wildman–Crippen LogP) is 1.20. The van der Waals surface area contributed by atoms with Gasteiger partial charge in [0.05, 0.1) is 11.4 Å². The number of nitrogen functional groups attached to an aromatic ring is 1. The lowest BCUT2D eigenvalue weighted by Crippen LogP contribution is -2.10. The Balaban J connectivity index is 2.57. The lowest BCUT2D eigenvalue weighted by molar-refractivity contribution is 0.685. The molecule has 0 fully saturated rings. The van der Waals surface area contributed by atoms with E-state index in [0.29, 0.717) is 29.5 Å². The third-order valence-corrected chi connectivity index (χ3v) is 3.04. The molecule has 0 aliphatic rings. The Bertz CT molecular complexity index is 399. The molecule has 90 valence electrons. The lowest BCUT2D eigenvalue weighted by atomic mass is 10.3. The molecular weight excluding hydrogens is 248 g/mol. The molecule has 1 aromatic heterocycles. The van der Waals surface area contributed by atoms with E-state index in [9.17, 15) is 4.21 Å². The van der Waals surface area contributed by atoms with Crippen molar-refractivity contribution in [2.24, 2.45) is 0 Å². The van der Waals surface area contributed by atoms with Crippen molar-refractivity contribution in [3.63, 3.8) is 0 Å². The van der Waals surface area contributed by atoms with Gasteiger partial charge in [0.1, 0.15) is 0 Å². The molecule has 1 unspecified atom stereocenters. The van der Waals surface area contributed by atoms with Gasteiger partial charge in [0.15, 0.2) is 5.82 Å². The van der Waals surface area contributed by atoms with Crippen LogP contribution in [0, 0.1) is 6.92 Å². The quantitative estimate of drug-likeness (QED) is 0.616. The van der Waals surface area contributed by atoms with E-state index in [-0.39, 0.29) is 5.28 Å². The largest absolute Gasteiger partial charge is 0.394 e. The number of aryl methyl sites for hydroxylation is 1. The SMILES string of the molecule is Cc1nc(Cl)nc(NCCCS(C)=O)c1N. The standard InChI is InChI=1S/C9H15ClN4OS/c1-6-7(11)8(14-9(10)13-6)12-4-3-5-16(2)15/h3-5,11H2,1-2H3,(H,12,13,14). The molecule has 0 spiro atoms. The van der Waals surface area contributed by atoms with Gasteiger partial charge in [0.2, 0.25) is 5.28 Å². The van der Waals surface area contributed by atoms with Gasteiger partial charge in [0, 0.05) is 29.4 Å². The summed E-state index contributed by atoms with van der Waals surface area (Å²) < 4.78 is 10.8. The zero-order valence-electron chi connectivity index (χ0n) is 9.29. The van der Waals surface area contributed by atoms with Crippen LogP contribution in [0.3, 0.4) is 0 Å². The number of rotatable bonds is 5. The summed E-state index contributed by atoms with van der Waals surface area (Å²) in [7, 11) is -0.768. The Kier molecular flexibility index (Phi) is 4.95. The van der Waals surface area contributed by atoms with Gasteiger partial charge in [-0.05, 0) is 24.9 Å². The molecule has 0 aliphatic heterocycles. The second-order valence-corrected chi connectivity index (χ2v) is 5.29. The summed E-state index contributed by atoms with van der Waals surface area (Å²) >= 11 is 5.72. The van der Waals surface area contributed by atoms with Crippen LogP contribution >= 0.6 is 11.6 Å². The molecule has 7 heteroatoms. The molecule has 0 amide bonds. The second kappa shape index (κ2) is 6.00. The molecule has 0 bridgehead atoms. The molecule has 0 radical (unpaired) electrons. The molecule has 0 saturated heterocycles. The summed E-state index contributed by atoms with van der Waals surface area (Å²) in [4.78, 5) is 7.92. The van der Waals surface area contributed by atoms with Crippen LogP contribution < -0.4 is 11.1 Å². The predicted molar refractivity (Wildman–Crippen MR) is 68.2 cm³/mol. The highest BCUT2D eigenvalue weighted by Crippen LogP contribution is 2.20. The highest BCUT2D eigenvalue weighted by atomic mass is 35.5. The third kappa shape index (κ3) is 3.94. The zero-order chi connectivity index (χ0) is 12.1. The maximum atomic E-state index is 10.8. The van der Waals surface area contributed by atoms with Crippen LogP contribution in [-0.4, -0.2) is 32.7 Å². The smallest absolute Gasteiger partial charge is 0.224 e. The molecule has 0 saturated carbocycles. The van der Waals surface area contributed by atoms with Crippen molar-refractivity contribution >= 4 is 33.9 Å². The molecule has 1 rings (SSSR count).